The Morgan fingerprint density at radius 2 is 0.964 bits per heavy atom. The average Bonchev–Trinajstić information content (AvgIpc) is 2.59. The van der Waals surface area contributed by atoms with Crippen LogP contribution in [0.1, 0.15) is 37.8 Å². The Hall–Kier alpha value is -2.46. The Morgan fingerprint density at radius 3 is 1.18 bits per heavy atom. The zero-order valence-electron chi connectivity index (χ0n) is 15.1. The first-order chi connectivity index (χ1) is 13.0. The van der Waals surface area contributed by atoms with Crippen molar-refractivity contribution in [2.24, 2.45) is 0 Å². The number of hydrogen-bond acceptors (Lipinski definition) is 6. The molecule has 0 atom stereocenters. The van der Waals surface area contributed by atoms with Gasteiger partial charge < -0.3 is 8.37 Å². The summed E-state index contributed by atoms with van der Waals surface area (Å²) in [5.41, 5.74) is 3.47. The molecule has 0 aromatic heterocycles. The Morgan fingerprint density at radius 1 is 0.679 bits per heavy atom. The lowest BCUT2D eigenvalue weighted by atomic mass is 9.91. The third kappa shape index (κ3) is 6.31. The summed E-state index contributed by atoms with van der Waals surface area (Å²) < 4.78 is 75.8. The van der Waals surface area contributed by atoms with Crippen LogP contribution in [-0.2, 0) is 21.0 Å². The van der Waals surface area contributed by atoms with E-state index in [0.717, 1.165) is 22.3 Å². The largest absolute Gasteiger partial charge is 0.488 e. The van der Waals surface area contributed by atoms with Crippen molar-refractivity contribution < 1.29 is 33.0 Å². The quantitative estimate of drug-likeness (QED) is 0.447. The average molecular weight is 432 g/mol. The van der Waals surface area contributed by atoms with E-state index in [1.807, 2.05) is 13.8 Å². The maximum absolute atomic E-state index is 12.6. The highest BCUT2D eigenvalue weighted by Gasteiger charge is 2.13. The maximum atomic E-state index is 12.6. The topological polar surface area (TPSA) is 86.7 Å². The molecule has 0 saturated carbocycles. The molecule has 0 radical (unpaired) electrons. The molecule has 10 heteroatoms. The molecule has 0 unspecified atom stereocenters. The zero-order valence-corrected chi connectivity index (χ0v) is 16.7. The van der Waals surface area contributed by atoms with Gasteiger partial charge in [-0.2, -0.15) is 16.8 Å². The van der Waals surface area contributed by atoms with Crippen molar-refractivity contribution in [1.29, 1.82) is 0 Å². The molecule has 0 bridgehead atoms. The number of hydrogen-bond donors (Lipinski definition) is 0. The molecule has 0 aliphatic carbocycles. The van der Waals surface area contributed by atoms with Gasteiger partial charge in [0.15, 0.2) is 0 Å². The van der Waals surface area contributed by atoms with Gasteiger partial charge in [0.05, 0.1) is 0 Å². The van der Waals surface area contributed by atoms with Gasteiger partial charge in [0.1, 0.15) is 11.5 Å². The molecule has 28 heavy (non-hydrogen) atoms. The molecule has 0 aliphatic rings. The standard InChI is InChI=1S/C18H18F2O6S2/c1-3-17(13-5-9-15(10-6-13)25-27(19,21)22)18(4-2)14-7-11-16(12-8-14)26-28(20,23)24/h5-12H,3-4H2,1-2H3/b18-17+. The SMILES string of the molecule is CC/C(=C(/CC)c1ccc(OS(=O)(=O)F)cc1)c1ccc(OS(=O)(=O)F)cc1. The van der Waals surface area contributed by atoms with Crippen molar-refractivity contribution in [2.45, 2.75) is 26.7 Å². The second-order valence-electron chi connectivity index (χ2n) is 5.67. The lowest BCUT2D eigenvalue weighted by molar-refractivity contribution is 0.438. The van der Waals surface area contributed by atoms with Gasteiger partial charge in [0, 0.05) is 0 Å². The number of rotatable bonds is 8. The Bertz CT molecular complexity index is 971. The van der Waals surface area contributed by atoms with E-state index in [9.17, 15) is 24.6 Å². The summed E-state index contributed by atoms with van der Waals surface area (Å²) in [6.07, 6.45) is 1.28. The summed E-state index contributed by atoms with van der Waals surface area (Å²) >= 11 is 0. The van der Waals surface area contributed by atoms with Crippen LogP contribution in [0.25, 0.3) is 11.1 Å². The smallest absolute Gasteiger partial charge is 0.358 e. The normalized spacial score (nSPS) is 13.0. The molecule has 152 valence electrons. The molecule has 2 aromatic rings. The summed E-state index contributed by atoms with van der Waals surface area (Å²) in [6.45, 7) is 3.88. The van der Waals surface area contributed by atoms with Crippen LogP contribution in [0, 0.1) is 0 Å². The molecule has 0 aliphatic heterocycles. The van der Waals surface area contributed by atoms with Gasteiger partial charge in [-0.25, -0.2) is 0 Å². The first-order valence-corrected chi connectivity index (χ1v) is 10.8. The summed E-state index contributed by atoms with van der Waals surface area (Å²) in [4.78, 5) is 0. The molecule has 0 spiro atoms. The Kier molecular flexibility index (Phi) is 6.78. The van der Waals surface area contributed by atoms with E-state index in [-0.39, 0.29) is 11.5 Å². The Balaban J connectivity index is 2.39. The fraction of sp³-hybridized carbons (Fsp3) is 0.222. The van der Waals surface area contributed by atoms with Crippen LogP contribution in [0.15, 0.2) is 48.5 Å². The minimum absolute atomic E-state index is 0.145. The van der Waals surface area contributed by atoms with Crippen molar-refractivity contribution in [3.05, 3.63) is 59.7 Å². The highest BCUT2D eigenvalue weighted by atomic mass is 32.3. The molecule has 0 heterocycles. The van der Waals surface area contributed by atoms with E-state index >= 15 is 0 Å². The molecule has 0 amide bonds. The van der Waals surface area contributed by atoms with Crippen molar-refractivity contribution >= 4 is 32.2 Å². The van der Waals surface area contributed by atoms with E-state index in [1.54, 1.807) is 24.3 Å². The second kappa shape index (κ2) is 8.70. The molecule has 0 saturated heterocycles. The molecular formula is C18H18F2O6S2. The molecular weight excluding hydrogens is 414 g/mol. The molecule has 2 aromatic carbocycles. The van der Waals surface area contributed by atoms with Gasteiger partial charge in [0.2, 0.25) is 0 Å². The minimum atomic E-state index is -5.09. The van der Waals surface area contributed by atoms with Gasteiger partial charge >= 0.3 is 21.0 Å². The highest BCUT2D eigenvalue weighted by molar-refractivity contribution is 7.82. The maximum Gasteiger partial charge on any atom is 0.488 e. The third-order valence-electron chi connectivity index (χ3n) is 3.87. The van der Waals surface area contributed by atoms with Crippen LogP contribution in [0.3, 0.4) is 0 Å². The van der Waals surface area contributed by atoms with Gasteiger partial charge in [-0.1, -0.05) is 45.9 Å². The van der Waals surface area contributed by atoms with Crippen LogP contribution < -0.4 is 8.37 Å². The predicted molar refractivity (Wildman–Crippen MR) is 102 cm³/mol. The van der Waals surface area contributed by atoms with Crippen molar-refractivity contribution in [3.63, 3.8) is 0 Å². The molecule has 0 N–H and O–H groups in total. The minimum Gasteiger partial charge on any atom is -0.358 e. The third-order valence-corrected chi connectivity index (χ3v) is 4.65. The van der Waals surface area contributed by atoms with Crippen LogP contribution in [-0.4, -0.2) is 16.8 Å². The predicted octanol–water partition coefficient (Wildman–Crippen LogP) is 4.60. The van der Waals surface area contributed by atoms with E-state index in [2.05, 4.69) is 8.37 Å². The Labute approximate surface area is 163 Å². The van der Waals surface area contributed by atoms with Crippen LogP contribution in [0.4, 0.5) is 7.77 Å². The van der Waals surface area contributed by atoms with E-state index < -0.39 is 21.0 Å². The summed E-state index contributed by atoms with van der Waals surface area (Å²) in [5.74, 6) is -0.289. The number of allylic oxidation sites excluding steroid dienone is 2. The zero-order chi connectivity index (χ0) is 20.9. The number of benzene rings is 2. The van der Waals surface area contributed by atoms with Gasteiger partial charge in [0.25, 0.3) is 0 Å². The fourth-order valence-electron chi connectivity index (χ4n) is 2.84. The molecule has 6 nitrogen and oxygen atoms in total. The van der Waals surface area contributed by atoms with Crippen LogP contribution in [0.5, 0.6) is 11.5 Å². The first-order valence-electron chi connectivity index (χ1n) is 8.23. The summed E-state index contributed by atoms with van der Waals surface area (Å²) in [5, 5.41) is 0. The first kappa shape index (κ1) is 21.8. The van der Waals surface area contributed by atoms with Gasteiger partial charge in [-0.15, -0.1) is 0 Å². The highest BCUT2D eigenvalue weighted by Crippen LogP contribution is 2.33. The summed E-state index contributed by atoms with van der Waals surface area (Å²) in [6, 6.07) is 11.8. The van der Waals surface area contributed by atoms with Crippen LogP contribution in [0.2, 0.25) is 0 Å². The van der Waals surface area contributed by atoms with E-state index in [1.165, 1.54) is 24.3 Å². The fourth-order valence-corrected chi connectivity index (χ4v) is 3.52. The van der Waals surface area contributed by atoms with Crippen molar-refractivity contribution in [3.8, 4) is 11.5 Å². The lowest BCUT2D eigenvalue weighted by Gasteiger charge is -2.15. The monoisotopic (exact) mass is 432 g/mol. The second-order valence-corrected chi connectivity index (χ2v) is 7.57. The van der Waals surface area contributed by atoms with Crippen molar-refractivity contribution in [1.82, 2.24) is 0 Å². The lowest BCUT2D eigenvalue weighted by Crippen LogP contribution is -2.01. The van der Waals surface area contributed by atoms with E-state index in [0.29, 0.717) is 12.8 Å². The van der Waals surface area contributed by atoms with Gasteiger partial charge in [-0.05, 0) is 59.4 Å². The molecule has 0 fully saturated rings. The van der Waals surface area contributed by atoms with Crippen molar-refractivity contribution in [2.75, 3.05) is 0 Å². The van der Waals surface area contributed by atoms with E-state index in [4.69, 9.17) is 0 Å². The summed E-state index contributed by atoms with van der Waals surface area (Å²) in [7, 11) is -10.2. The number of halogens is 2. The molecule has 2 rings (SSSR count). The van der Waals surface area contributed by atoms with Crippen LogP contribution >= 0.6 is 0 Å². The van der Waals surface area contributed by atoms with Gasteiger partial charge in [-0.3, -0.25) is 0 Å².